The van der Waals surface area contributed by atoms with Crippen LogP contribution < -0.4 is 9.75 Å². The predicted octanol–water partition coefficient (Wildman–Crippen LogP) is 3.43. The second-order valence-electron chi connectivity index (χ2n) is 4.47. The molecule has 0 saturated carbocycles. The molecule has 2 aromatic rings. The van der Waals surface area contributed by atoms with Crippen LogP contribution in [0.5, 0.6) is 5.75 Å². The molecule has 0 atom stereocenters. The molecular weight excluding hydrogens is 268 g/mol. The third-order valence-electron chi connectivity index (χ3n) is 2.97. The van der Waals surface area contributed by atoms with E-state index in [0.717, 1.165) is 5.69 Å². The maximum absolute atomic E-state index is 11.7. The molecule has 0 unspecified atom stereocenters. The van der Waals surface area contributed by atoms with Crippen molar-refractivity contribution >= 4 is 17.7 Å². The minimum absolute atomic E-state index is 0.361. The van der Waals surface area contributed by atoms with Crippen LogP contribution in [0, 0.1) is 0 Å². The first-order valence-corrected chi connectivity index (χ1v) is 6.66. The summed E-state index contributed by atoms with van der Waals surface area (Å²) >= 11 is 0. The molecule has 1 aliphatic heterocycles. The molecule has 2 aromatic carbocycles. The Bertz CT molecular complexity index is 641. The Hall–Kier alpha value is -2.82. The summed E-state index contributed by atoms with van der Waals surface area (Å²) in [5, 5.41) is 6.06. The van der Waals surface area contributed by atoms with E-state index < -0.39 is 6.16 Å². The smallest absolute Gasteiger partial charge is 0.395 e. The van der Waals surface area contributed by atoms with E-state index in [2.05, 4.69) is 5.10 Å². The van der Waals surface area contributed by atoms with Crippen molar-refractivity contribution < 1.29 is 14.3 Å². The molecule has 0 radical (unpaired) electrons. The Balaban J connectivity index is 1.60. The Morgan fingerprint density at radius 1 is 0.952 bits per heavy atom. The van der Waals surface area contributed by atoms with Crippen molar-refractivity contribution in [2.45, 2.75) is 6.42 Å². The zero-order chi connectivity index (χ0) is 14.5. The minimum atomic E-state index is -0.769. The second-order valence-corrected chi connectivity index (χ2v) is 4.47. The van der Waals surface area contributed by atoms with Crippen LogP contribution in [0.1, 0.15) is 6.42 Å². The lowest BCUT2D eigenvalue weighted by atomic mass is 10.3. The number of carbonyl (C=O) groups excluding carboxylic acids is 1. The first kappa shape index (κ1) is 13.2. The summed E-state index contributed by atoms with van der Waals surface area (Å²) in [5.74, 6) is 0.806. The van der Waals surface area contributed by atoms with Crippen molar-refractivity contribution in [3.05, 3.63) is 60.7 Å². The molecule has 21 heavy (non-hydrogen) atoms. The molecule has 5 heteroatoms. The fourth-order valence-corrected chi connectivity index (χ4v) is 2.00. The van der Waals surface area contributed by atoms with Crippen LogP contribution in [0.25, 0.3) is 0 Å². The molecule has 0 amide bonds. The molecule has 5 nitrogen and oxygen atoms in total. The number of hydrogen-bond donors (Lipinski definition) is 0. The van der Waals surface area contributed by atoms with Gasteiger partial charge in [-0.3, -0.25) is 5.01 Å². The van der Waals surface area contributed by atoms with Gasteiger partial charge in [0.25, 0.3) is 0 Å². The lowest BCUT2D eigenvalue weighted by molar-refractivity contribution is 0.147. The first-order valence-electron chi connectivity index (χ1n) is 6.66. The van der Waals surface area contributed by atoms with E-state index in [0.29, 0.717) is 24.6 Å². The highest BCUT2D eigenvalue weighted by molar-refractivity contribution is 5.89. The zero-order valence-corrected chi connectivity index (χ0v) is 11.3. The molecule has 0 aromatic heterocycles. The Kier molecular flexibility index (Phi) is 3.82. The molecule has 1 aliphatic rings. The van der Waals surface area contributed by atoms with Crippen LogP contribution in [0.4, 0.5) is 10.5 Å². The van der Waals surface area contributed by atoms with E-state index in [1.54, 1.807) is 29.3 Å². The van der Waals surface area contributed by atoms with Crippen LogP contribution in [0.3, 0.4) is 0 Å². The van der Waals surface area contributed by atoms with Gasteiger partial charge >= 0.3 is 6.16 Å². The van der Waals surface area contributed by atoms with Crippen LogP contribution in [-0.2, 0) is 4.74 Å². The largest absolute Gasteiger partial charge is 0.520 e. The summed E-state index contributed by atoms with van der Waals surface area (Å²) in [7, 11) is 0. The maximum Gasteiger partial charge on any atom is 0.520 e. The molecule has 0 saturated heterocycles. The average Bonchev–Trinajstić information content (AvgIpc) is 2.97. The van der Waals surface area contributed by atoms with Crippen LogP contribution in [0.2, 0.25) is 0 Å². The summed E-state index contributed by atoms with van der Waals surface area (Å²) < 4.78 is 10.2. The van der Waals surface area contributed by atoms with Crippen LogP contribution >= 0.6 is 0 Å². The van der Waals surface area contributed by atoms with Gasteiger partial charge in [0.2, 0.25) is 5.90 Å². The number of para-hydroxylation sites is 2. The number of ether oxygens (including phenoxy) is 2. The highest BCUT2D eigenvalue weighted by Crippen LogP contribution is 2.19. The summed E-state index contributed by atoms with van der Waals surface area (Å²) in [6, 6.07) is 18.5. The van der Waals surface area contributed by atoms with Crippen LogP contribution in [0.15, 0.2) is 65.8 Å². The van der Waals surface area contributed by atoms with Crippen molar-refractivity contribution in [2.24, 2.45) is 5.10 Å². The van der Waals surface area contributed by atoms with Gasteiger partial charge in [-0.15, -0.1) is 5.10 Å². The second kappa shape index (κ2) is 6.09. The maximum atomic E-state index is 11.7. The zero-order valence-electron chi connectivity index (χ0n) is 11.3. The predicted molar refractivity (Wildman–Crippen MR) is 79.4 cm³/mol. The van der Waals surface area contributed by atoms with Gasteiger partial charge in [0.05, 0.1) is 12.2 Å². The number of anilines is 1. The van der Waals surface area contributed by atoms with Crippen molar-refractivity contribution in [2.75, 3.05) is 11.6 Å². The molecule has 0 bridgehead atoms. The average molecular weight is 282 g/mol. The molecule has 0 aliphatic carbocycles. The van der Waals surface area contributed by atoms with E-state index in [1.165, 1.54) is 0 Å². The summed E-state index contributed by atoms with van der Waals surface area (Å²) in [4.78, 5) is 11.7. The topological polar surface area (TPSA) is 51.1 Å². The number of carbonyl (C=O) groups is 1. The molecule has 0 fully saturated rings. The van der Waals surface area contributed by atoms with Gasteiger partial charge in [-0.25, -0.2) is 4.79 Å². The van der Waals surface area contributed by atoms with E-state index >= 15 is 0 Å². The van der Waals surface area contributed by atoms with Gasteiger partial charge in [0.1, 0.15) is 5.75 Å². The molecule has 0 N–H and O–H groups in total. The third kappa shape index (κ3) is 3.39. The fourth-order valence-electron chi connectivity index (χ4n) is 2.00. The molecule has 106 valence electrons. The number of hydrazone groups is 1. The Labute approximate surface area is 122 Å². The lowest BCUT2D eigenvalue weighted by Gasteiger charge is -2.11. The Morgan fingerprint density at radius 3 is 2.33 bits per heavy atom. The van der Waals surface area contributed by atoms with Gasteiger partial charge < -0.3 is 9.47 Å². The molecule has 0 spiro atoms. The number of rotatable bonds is 2. The Morgan fingerprint density at radius 2 is 1.62 bits per heavy atom. The van der Waals surface area contributed by atoms with Gasteiger partial charge in [-0.05, 0) is 24.3 Å². The van der Waals surface area contributed by atoms with Crippen LogP contribution in [-0.4, -0.2) is 18.6 Å². The third-order valence-corrected chi connectivity index (χ3v) is 2.97. The molecule has 3 rings (SSSR count). The lowest BCUT2D eigenvalue weighted by Crippen LogP contribution is -2.15. The van der Waals surface area contributed by atoms with Crippen molar-refractivity contribution in [3.63, 3.8) is 0 Å². The fraction of sp³-hybridized carbons (Fsp3) is 0.125. The number of benzene rings is 2. The van der Waals surface area contributed by atoms with Crippen molar-refractivity contribution in [3.8, 4) is 5.75 Å². The monoisotopic (exact) mass is 282 g/mol. The highest BCUT2D eigenvalue weighted by Gasteiger charge is 2.20. The van der Waals surface area contributed by atoms with Gasteiger partial charge in [-0.2, -0.15) is 0 Å². The summed E-state index contributed by atoms with van der Waals surface area (Å²) in [6.07, 6.45) is -0.200. The van der Waals surface area contributed by atoms with E-state index in [1.807, 2.05) is 36.4 Å². The van der Waals surface area contributed by atoms with E-state index in [4.69, 9.17) is 9.47 Å². The SMILES string of the molecule is O=C(OC1=NN(c2ccccc2)CC1)Oc1ccccc1. The molecule has 1 heterocycles. The highest BCUT2D eigenvalue weighted by atomic mass is 16.7. The summed E-state index contributed by atoms with van der Waals surface area (Å²) in [5.41, 5.74) is 0.965. The van der Waals surface area contributed by atoms with Crippen molar-refractivity contribution in [1.29, 1.82) is 0 Å². The van der Waals surface area contributed by atoms with Gasteiger partial charge in [-0.1, -0.05) is 36.4 Å². The summed E-state index contributed by atoms with van der Waals surface area (Å²) in [6.45, 7) is 0.679. The molecular formula is C16H14N2O3. The quantitative estimate of drug-likeness (QED) is 0.625. The van der Waals surface area contributed by atoms with Gasteiger partial charge in [0.15, 0.2) is 0 Å². The van der Waals surface area contributed by atoms with E-state index in [-0.39, 0.29) is 0 Å². The van der Waals surface area contributed by atoms with E-state index in [9.17, 15) is 4.79 Å². The normalized spacial score (nSPS) is 13.7. The van der Waals surface area contributed by atoms with Crippen molar-refractivity contribution in [1.82, 2.24) is 0 Å². The standard InChI is InChI=1S/C16H14N2O3/c19-16(20-14-9-5-2-6-10-14)21-15-11-12-18(17-15)13-7-3-1-4-8-13/h1-10H,11-12H2. The number of nitrogens with zero attached hydrogens (tertiary/aromatic N) is 2. The number of hydrogen-bond acceptors (Lipinski definition) is 5. The minimum Gasteiger partial charge on any atom is -0.395 e. The first-order chi connectivity index (χ1) is 10.3. The van der Waals surface area contributed by atoms with Gasteiger partial charge in [0, 0.05) is 6.42 Å².